The fourth-order valence-electron chi connectivity index (χ4n) is 4.97. The second-order valence-electron chi connectivity index (χ2n) is 8.19. The SMILES string of the molecule is C1=CC=CC(CNCC[C@@]2(c3ccccn3)CCOC3(CCCC3)C2)=CC=1.[Lr]. The van der Waals surface area contributed by atoms with Gasteiger partial charge in [-0.1, -0.05) is 37.1 Å². The first kappa shape index (κ1) is 19.8. The summed E-state index contributed by atoms with van der Waals surface area (Å²) in [6.45, 7) is 2.75. The Morgan fingerprint density at radius 3 is 2.86 bits per heavy atom. The van der Waals surface area contributed by atoms with Gasteiger partial charge < -0.3 is 10.1 Å². The van der Waals surface area contributed by atoms with E-state index in [0.29, 0.717) is 0 Å². The molecule has 157 valence electrons. The van der Waals surface area contributed by atoms with E-state index in [-0.39, 0.29) is 11.0 Å². The van der Waals surface area contributed by atoms with Crippen LogP contribution in [0.3, 0.4) is 0 Å². The summed E-state index contributed by atoms with van der Waals surface area (Å²) in [5.74, 6) is 0. The second-order valence-corrected chi connectivity index (χ2v) is 8.19. The number of allylic oxidation sites excluding steroid dienone is 3. The molecule has 2 heterocycles. The van der Waals surface area contributed by atoms with Crippen LogP contribution in [0.1, 0.15) is 50.6 Å². The average Bonchev–Trinajstić information content (AvgIpc) is 2.99. The monoisotopic (exact) mass is 624 g/mol. The van der Waals surface area contributed by atoms with Crippen LogP contribution in [-0.4, -0.2) is 30.3 Å². The van der Waals surface area contributed by atoms with E-state index in [1.54, 1.807) is 0 Å². The quantitative estimate of drug-likeness (QED) is 0.371. The molecule has 0 bridgehead atoms. The Labute approximate surface area is 162 Å². The zero-order chi connectivity index (χ0) is 18.4. The summed E-state index contributed by atoms with van der Waals surface area (Å²) >= 11 is 0. The van der Waals surface area contributed by atoms with Crippen LogP contribution >= 0.6 is 0 Å². The Morgan fingerprint density at radius 1 is 1.14 bits per heavy atom. The minimum atomic E-state index is 0. The van der Waals surface area contributed by atoms with Gasteiger partial charge in [-0.2, -0.15) is 0 Å². The van der Waals surface area contributed by atoms with Crippen LogP contribution in [0, 0.1) is 0 Å². The van der Waals surface area contributed by atoms with Gasteiger partial charge in [0.25, 0.3) is 0 Å². The van der Waals surface area contributed by atoms with Gasteiger partial charge in [0.2, 0.25) is 0 Å². The molecular formula is C24H30LrN2O. The smallest absolute Gasteiger partial charge is 0.0691 e. The number of pyridine rings is 1. The van der Waals surface area contributed by atoms with Crippen molar-refractivity contribution in [1.82, 2.24) is 10.3 Å². The molecule has 28 heavy (non-hydrogen) atoms. The van der Waals surface area contributed by atoms with Gasteiger partial charge in [0, 0.05) is 30.5 Å². The molecule has 1 saturated heterocycles. The van der Waals surface area contributed by atoms with Crippen LogP contribution in [0.2, 0.25) is 0 Å². The zero-order valence-electron chi connectivity index (χ0n) is 16.4. The number of rotatable bonds is 6. The Balaban J connectivity index is 0.00000225. The summed E-state index contributed by atoms with van der Waals surface area (Å²) in [6.07, 6.45) is 20.5. The molecule has 0 amide bonds. The van der Waals surface area contributed by atoms with Crippen molar-refractivity contribution in [3.05, 3.63) is 71.8 Å². The molecule has 1 atom stereocenters. The molecule has 3 aliphatic rings. The van der Waals surface area contributed by atoms with Gasteiger partial charge in [-0.05, 0) is 68.5 Å². The summed E-state index contributed by atoms with van der Waals surface area (Å²) in [7, 11) is 0. The molecule has 0 aromatic carbocycles. The molecule has 3 nitrogen and oxygen atoms in total. The van der Waals surface area contributed by atoms with Crippen LogP contribution in [0.15, 0.2) is 66.1 Å². The molecular weight excluding hydrogens is 594 g/mol. The summed E-state index contributed by atoms with van der Waals surface area (Å²) in [6, 6.07) is 6.38. The number of aromatic nitrogens is 1. The summed E-state index contributed by atoms with van der Waals surface area (Å²) in [5, 5.41) is 3.65. The first-order valence-electron chi connectivity index (χ1n) is 10.3. The van der Waals surface area contributed by atoms with E-state index >= 15 is 0 Å². The predicted octanol–water partition coefficient (Wildman–Crippen LogP) is 4.63. The third-order valence-corrected chi connectivity index (χ3v) is 6.38. The zero-order valence-corrected chi connectivity index (χ0v) is 18.5. The van der Waals surface area contributed by atoms with E-state index in [1.165, 1.54) is 37.0 Å². The van der Waals surface area contributed by atoms with Crippen molar-refractivity contribution < 1.29 is 4.74 Å². The van der Waals surface area contributed by atoms with E-state index in [0.717, 1.165) is 39.0 Å². The normalized spacial score (nSPS) is 25.4. The number of ether oxygens (including phenoxy) is 1. The number of nitrogens with zero attached hydrogens (tertiary/aromatic N) is 1. The largest absolute Gasteiger partial charge is 0.375 e. The average molecular weight is 625 g/mol. The Bertz CT molecular complexity index is 758. The topological polar surface area (TPSA) is 34.2 Å². The number of nitrogens with one attached hydrogen (secondary N) is 1. The minimum Gasteiger partial charge on any atom is -0.375 e. The summed E-state index contributed by atoms with van der Waals surface area (Å²) < 4.78 is 6.34. The molecule has 1 spiro atoms. The van der Waals surface area contributed by atoms with Crippen molar-refractivity contribution in [2.24, 2.45) is 0 Å². The van der Waals surface area contributed by atoms with E-state index in [9.17, 15) is 0 Å². The summed E-state index contributed by atoms with van der Waals surface area (Å²) in [4.78, 5) is 4.79. The minimum absolute atomic E-state index is 0. The van der Waals surface area contributed by atoms with Crippen molar-refractivity contribution in [1.29, 1.82) is 0 Å². The molecule has 1 aromatic rings. The van der Waals surface area contributed by atoms with Gasteiger partial charge in [-0.25, -0.2) is 0 Å². The van der Waals surface area contributed by atoms with Gasteiger partial charge >= 0.3 is 0 Å². The maximum Gasteiger partial charge on any atom is 0.0691 e. The summed E-state index contributed by atoms with van der Waals surface area (Å²) in [5.41, 5.74) is 5.88. The van der Waals surface area contributed by atoms with Crippen LogP contribution in [0.5, 0.6) is 0 Å². The molecule has 1 aromatic heterocycles. The van der Waals surface area contributed by atoms with Gasteiger partial charge in [-0.3, -0.25) is 4.98 Å². The third-order valence-electron chi connectivity index (χ3n) is 6.38. The molecule has 1 aliphatic heterocycles. The third kappa shape index (κ3) is 4.31. The number of hydrogen-bond acceptors (Lipinski definition) is 3. The van der Waals surface area contributed by atoms with Crippen molar-refractivity contribution in [3.63, 3.8) is 0 Å². The van der Waals surface area contributed by atoms with Gasteiger partial charge in [-0.15, -0.1) is 5.73 Å². The van der Waals surface area contributed by atoms with Gasteiger partial charge in [0.1, 0.15) is 0 Å². The Morgan fingerprint density at radius 2 is 2.04 bits per heavy atom. The first-order valence-corrected chi connectivity index (χ1v) is 10.3. The maximum atomic E-state index is 6.34. The maximum absolute atomic E-state index is 6.34. The predicted molar refractivity (Wildman–Crippen MR) is 110 cm³/mol. The standard InChI is InChI=1S/C24H30N2O.Lr/c1-2-4-10-21(9-3-1)19-25-17-14-23(22-11-5-8-16-26-22)15-18-27-24(20-23)12-6-7-13-24;/h1,3-5,8-11,16,25H,6-7,12-15,17-20H2;/t23-;/m1./s1. The molecule has 4 heteroatoms. The van der Waals surface area contributed by atoms with E-state index in [2.05, 4.69) is 41.4 Å². The second kappa shape index (κ2) is 8.84. The van der Waals surface area contributed by atoms with Crippen LogP contribution in [-0.2, 0) is 10.2 Å². The van der Waals surface area contributed by atoms with Crippen molar-refractivity contribution in [3.8, 4) is 0 Å². The fraction of sp³-hybridized carbons (Fsp3) is 0.500. The van der Waals surface area contributed by atoms with Gasteiger partial charge in [0.15, 0.2) is 0 Å². The van der Waals surface area contributed by atoms with E-state index in [1.807, 2.05) is 24.4 Å². The molecule has 1 N–H and O–H groups in total. The molecule has 1 saturated carbocycles. The van der Waals surface area contributed by atoms with Crippen LogP contribution < -0.4 is 5.32 Å². The Hall–Kier alpha value is -2.93. The molecule has 2 fully saturated rings. The fourth-order valence-corrected chi connectivity index (χ4v) is 4.97. The van der Waals surface area contributed by atoms with Crippen molar-refractivity contribution >= 4 is 0 Å². The van der Waals surface area contributed by atoms with E-state index < -0.39 is 0 Å². The van der Waals surface area contributed by atoms with E-state index in [4.69, 9.17) is 9.72 Å². The molecule has 4 rings (SSSR count). The molecule has 0 unspecified atom stereocenters. The van der Waals surface area contributed by atoms with Crippen molar-refractivity contribution in [2.75, 3.05) is 19.7 Å². The molecule has 2 aliphatic carbocycles. The first-order chi connectivity index (χ1) is 13.3. The van der Waals surface area contributed by atoms with Crippen molar-refractivity contribution in [2.45, 2.75) is 56.0 Å². The van der Waals surface area contributed by atoms with Crippen LogP contribution in [0.25, 0.3) is 0 Å². The van der Waals surface area contributed by atoms with Crippen LogP contribution in [0.4, 0.5) is 0 Å². The number of hydrogen-bond donors (Lipinski definition) is 1. The Kier molecular flexibility index (Phi) is 6.26. The molecule has 1 radical (unpaired) electrons. The van der Waals surface area contributed by atoms with Gasteiger partial charge in [0.05, 0.1) is 5.60 Å².